The third-order valence-electron chi connectivity index (χ3n) is 6.10. The molecule has 7 heteroatoms. The normalized spacial score (nSPS) is 10.9. The van der Waals surface area contributed by atoms with Crippen LogP contribution < -0.4 is 21.5 Å². The predicted octanol–water partition coefficient (Wildman–Crippen LogP) is 3.58. The van der Waals surface area contributed by atoms with Crippen LogP contribution in [0.5, 0.6) is 0 Å². The Kier molecular flexibility index (Phi) is 7.77. The van der Waals surface area contributed by atoms with Gasteiger partial charge < -0.3 is 15.2 Å². The molecule has 0 radical (unpaired) electrons. The molecule has 0 bridgehead atoms. The van der Waals surface area contributed by atoms with Gasteiger partial charge in [-0.25, -0.2) is 4.79 Å². The average Bonchev–Trinajstić information content (AvgIpc) is 2.89. The fraction of sp³-hybridized carbons (Fsp3) is 0.250. The number of anilines is 1. The van der Waals surface area contributed by atoms with Crippen molar-refractivity contribution in [1.29, 1.82) is 0 Å². The van der Waals surface area contributed by atoms with Crippen LogP contribution in [0.3, 0.4) is 0 Å². The van der Waals surface area contributed by atoms with Crippen molar-refractivity contribution in [1.82, 2.24) is 14.9 Å². The Balaban J connectivity index is 1.39. The highest BCUT2D eigenvalue weighted by molar-refractivity contribution is 5.97. The Morgan fingerprint density at radius 3 is 2.40 bits per heavy atom. The molecular weight excluding hydrogens is 440 g/mol. The van der Waals surface area contributed by atoms with Gasteiger partial charge >= 0.3 is 5.69 Å². The zero-order valence-electron chi connectivity index (χ0n) is 19.9. The smallest absolute Gasteiger partial charge is 0.328 e. The molecule has 180 valence electrons. The number of aryl methyl sites for hydroxylation is 1. The fourth-order valence-corrected chi connectivity index (χ4v) is 4.17. The summed E-state index contributed by atoms with van der Waals surface area (Å²) in [6.07, 6.45) is 1.38. The van der Waals surface area contributed by atoms with Crippen LogP contribution in [0.4, 0.5) is 5.69 Å². The molecule has 7 nitrogen and oxygen atoms in total. The van der Waals surface area contributed by atoms with E-state index in [1.807, 2.05) is 48.5 Å². The second-order valence-electron chi connectivity index (χ2n) is 8.41. The molecular formula is C28H30N4O3. The minimum atomic E-state index is -0.475. The zero-order valence-corrected chi connectivity index (χ0v) is 19.9. The lowest BCUT2D eigenvalue weighted by molar-refractivity contribution is 0.0953. The van der Waals surface area contributed by atoms with E-state index in [4.69, 9.17) is 0 Å². The Hall–Kier alpha value is -4.13. The van der Waals surface area contributed by atoms with Gasteiger partial charge in [0, 0.05) is 37.4 Å². The summed E-state index contributed by atoms with van der Waals surface area (Å²) in [5.74, 6) is -0.233. The largest absolute Gasteiger partial charge is 0.372 e. The van der Waals surface area contributed by atoms with Crippen molar-refractivity contribution < 1.29 is 4.79 Å². The van der Waals surface area contributed by atoms with Crippen LogP contribution in [0.2, 0.25) is 0 Å². The monoisotopic (exact) mass is 470 g/mol. The second-order valence-corrected chi connectivity index (χ2v) is 8.41. The number of hydrogen-bond donors (Lipinski definition) is 2. The summed E-state index contributed by atoms with van der Waals surface area (Å²) >= 11 is 0. The van der Waals surface area contributed by atoms with Crippen molar-refractivity contribution in [2.24, 2.45) is 0 Å². The molecule has 1 aromatic heterocycles. The number of carbonyl (C=O) groups excluding carboxylic acids is 1. The highest BCUT2D eigenvalue weighted by Crippen LogP contribution is 2.13. The van der Waals surface area contributed by atoms with Gasteiger partial charge in [-0.1, -0.05) is 48.5 Å². The summed E-state index contributed by atoms with van der Waals surface area (Å²) in [5, 5.41) is 3.32. The predicted molar refractivity (Wildman–Crippen MR) is 140 cm³/mol. The minimum Gasteiger partial charge on any atom is -0.372 e. The molecule has 0 fully saturated rings. The maximum absolute atomic E-state index is 12.9. The van der Waals surface area contributed by atoms with Crippen molar-refractivity contribution in [3.8, 4) is 0 Å². The number of aromatic amines is 1. The summed E-state index contributed by atoms with van der Waals surface area (Å²) in [7, 11) is 0. The van der Waals surface area contributed by atoms with Crippen molar-refractivity contribution in [2.75, 3.05) is 24.5 Å². The quantitative estimate of drug-likeness (QED) is 0.347. The van der Waals surface area contributed by atoms with Gasteiger partial charge in [0.25, 0.3) is 11.5 Å². The molecule has 4 rings (SSSR count). The van der Waals surface area contributed by atoms with Gasteiger partial charge in [0.05, 0.1) is 10.9 Å². The molecule has 2 N–H and O–H groups in total. The van der Waals surface area contributed by atoms with E-state index in [0.717, 1.165) is 30.8 Å². The van der Waals surface area contributed by atoms with Crippen LogP contribution in [-0.2, 0) is 13.0 Å². The Labute approximate surface area is 204 Å². The van der Waals surface area contributed by atoms with E-state index < -0.39 is 5.69 Å². The summed E-state index contributed by atoms with van der Waals surface area (Å²) in [5.41, 5.74) is 2.16. The third-order valence-corrected chi connectivity index (χ3v) is 6.10. The van der Waals surface area contributed by atoms with Crippen molar-refractivity contribution >= 4 is 22.5 Å². The minimum absolute atomic E-state index is 0.233. The van der Waals surface area contributed by atoms with Crippen LogP contribution in [0.25, 0.3) is 10.9 Å². The summed E-state index contributed by atoms with van der Waals surface area (Å²) in [6.45, 7) is 4.64. The second kappa shape index (κ2) is 11.3. The molecule has 0 saturated carbocycles. The topological polar surface area (TPSA) is 87.2 Å². The van der Waals surface area contributed by atoms with Gasteiger partial charge in [-0.05, 0) is 55.7 Å². The molecule has 0 aliphatic heterocycles. The van der Waals surface area contributed by atoms with Crippen molar-refractivity contribution in [3.63, 3.8) is 0 Å². The standard InChI is InChI=1S/C28H30N4O3/c1-2-31(23-12-7-4-8-13-23)18-9-17-29-26(33)22-14-15-24-25(20-22)30-28(35)32(27(24)34)19-16-21-10-5-3-6-11-21/h3-8,10-15,20H,2,9,16-19H2,1H3,(H,29,33)(H,30,35). The van der Waals surface area contributed by atoms with Crippen LogP contribution in [0.15, 0.2) is 88.5 Å². The number of para-hydroxylation sites is 1. The van der Waals surface area contributed by atoms with Crippen LogP contribution >= 0.6 is 0 Å². The SMILES string of the molecule is CCN(CCCNC(=O)c1ccc2c(=O)n(CCc3ccccc3)c(=O)[nH]c2c1)c1ccccc1. The Bertz CT molecular complexity index is 1390. The molecule has 4 aromatic rings. The van der Waals surface area contributed by atoms with Crippen molar-refractivity contribution in [2.45, 2.75) is 26.3 Å². The number of nitrogens with one attached hydrogen (secondary N) is 2. The number of rotatable bonds is 10. The first-order valence-corrected chi connectivity index (χ1v) is 12.0. The molecule has 0 saturated heterocycles. The van der Waals surface area contributed by atoms with Crippen LogP contribution in [-0.4, -0.2) is 35.1 Å². The molecule has 0 unspecified atom stereocenters. The first kappa shape index (κ1) is 24.0. The van der Waals surface area contributed by atoms with Crippen LogP contribution in [0, 0.1) is 0 Å². The highest BCUT2D eigenvalue weighted by Gasteiger charge is 2.12. The van der Waals surface area contributed by atoms with Gasteiger partial charge in [-0.3, -0.25) is 14.2 Å². The highest BCUT2D eigenvalue weighted by atomic mass is 16.2. The van der Waals surface area contributed by atoms with Crippen LogP contribution in [0.1, 0.15) is 29.3 Å². The molecule has 35 heavy (non-hydrogen) atoms. The summed E-state index contributed by atoms with van der Waals surface area (Å²) < 4.78 is 1.21. The number of hydrogen-bond acceptors (Lipinski definition) is 4. The van der Waals surface area contributed by atoms with Gasteiger partial charge in [0.2, 0.25) is 0 Å². The number of amides is 1. The molecule has 0 atom stereocenters. The fourth-order valence-electron chi connectivity index (χ4n) is 4.17. The zero-order chi connectivity index (χ0) is 24.6. The first-order valence-electron chi connectivity index (χ1n) is 12.0. The Morgan fingerprint density at radius 2 is 1.69 bits per heavy atom. The van der Waals surface area contributed by atoms with E-state index in [9.17, 15) is 14.4 Å². The number of benzene rings is 3. The average molecular weight is 471 g/mol. The van der Waals surface area contributed by atoms with E-state index in [2.05, 4.69) is 34.3 Å². The molecule has 0 aliphatic rings. The van der Waals surface area contributed by atoms with Gasteiger partial charge in [0.15, 0.2) is 0 Å². The molecule has 3 aromatic carbocycles. The van der Waals surface area contributed by atoms with E-state index in [1.54, 1.807) is 18.2 Å². The van der Waals surface area contributed by atoms with Gasteiger partial charge in [0.1, 0.15) is 0 Å². The number of carbonyl (C=O) groups is 1. The lowest BCUT2D eigenvalue weighted by Crippen LogP contribution is -2.35. The molecule has 1 amide bonds. The number of nitrogens with zero attached hydrogens (tertiary/aromatic N) is 2. The lowest BCUT2D eigenvalue weighted by Gasteiger charge is -2.23. The molecule has 1 heterocycles. The van der Waals surface area contributed by atoms with E-state index in [0.29, 0.717) is 29.4 Å². The Morgan fingerprint density at radius 1 is 0.971 bits per heavy atom. The van der Waals surface area contributed by atoms with Gasteiger partial charge in [-0.2, -0.15) is 0 Å². The van der Waals surface area contributed by atoms with E-state index in [-0.39, 0.29) is 18.0 Å². The number of aromatic nitrogens is 2. The third kappa shape index (κ3) is 5.87. The van der Waals surface area contributed by atoms with E-state index in [1.165, 1.54) is 4.57 Å². The number of H-pyrrole nitrogens is 1. The first-order chi connectivity index (χ1) is 17.1. The maximum atomic E-state index is 12.9. The molecule has 0 spiro atoms. The van der Waals surface area contributed by atoms with Crippen molar-refractivity contribution in [3.05, 3.63) is 111 Å². The number of fused-ring (bicyclic) bond motifs is 1. The van der Waals surface area contributed by atoms with E-state index >= 15 is 0 Å². The summed E-state index contributed by atoms with van der Waals surface area (Å²) in [6, 6.07) is 24.7. The summed E-state index contributed by atoms with van der Waals surface area (Å²) in [4.78, 5) is 43.2. The van der Waals surface area contributed by atoms with Gasteiger partial charge in [-0.15, -0.1) is 0 Å². The lowest BCUT2D eigenvalue weighted by atomic mass is 10.1. The maximum Gasteiger partial charge on any atom is 0.328 e. The molecule has 0 aliphatic carbocycles.